The van der Waals surface area contributed by atoms with Crippen molar-refractivity contribution < 1.29 is 19.4 Å². The van der Waals surface area contributed by atoms with Crippen molar-refractivity contribution in [2.45, 2.75) is 18.9 Å². The maximum absolute atomic E-state index is 12.0. The summed E-state index contributed by atoms with van der Waals surface area (Å²) in [4.78, 5) is 28.4. The van der Waals surface area contributed by atoms with Crippen LogP contribution in [0.2, 0.25) is 0 Å². The summed E-state index contributed by atoms with van der Waals surface area (Å²) in [5.41, 5.74) is 6.79. The maximum atomic E-state index is 12.0. The number of amides is 1. The second kappa shape index (κ2) is 7.44. The quantitative estimate of drug-likeness (QED) is 0.661. The first-order valence-electron chi connectivity index (χ1n) is 6.35. The smallest absolute Gasteiger partial charge is 0.303 e. The van der Waals surface area contributed by atoms with E-state index in [-0.39, 0.29) is 18.7 Å². The second-order valence-corrected chi connectivity index (χ2v) is 4.64. The van der Waals surface area contributed by atoms with Crippen LogP contribution in [0.3, 0.4) is 0 Å². The molecule has 0 saturated heterocycles. The Kier molecular flexibility index (Phi) is 5.92. The number of aliphatic carboxylic acids is 1. The van der Waals surface area contributed by atoms with Gasteiger partial charge in [0.2, 0.25) is 11.8 Å². The van der Waals surface area contributed by atoms with Crippen LogP contribution in [0.1, 0.15) is 12.8 Å². The molecule has 0 aliphatic heterocycles. The van der Waals surface area contributed by atoms with Gasteiger partial charge in [0.15, 0.2) is 0 Å². The first kappa shape index (κ1) is 16.7. The molecule has 0 bridgehead atoms. The van der Waals surface area contributed by atoms with Gasteiger partial charge >= 0.3 is 5.97 Å². The van der Waals surface area contributed by atoms with Gasteiger partial charge in [0.25, 0.3) is 0 Å². The van der Waals surface area contributed by atoms with Crippen LogP contribution in [0.4, 0.5) is 11.4 Å². The highest BCUT2D eigenvalue weighted by Gasteiger charge is 2.20. The third kappa shape index (κ3) is 4.60. The van der Waals surface area contributed by atoms with E-state index in [4.69, 9.17) is 15.6 Å². The second-order valence-electron chi connectivity index (χ2n) is 4.64. The number of aromatic nitrogens is 1. The Morgan fingerprint density at radius 1 is 1.52 bits per heavy atom. The van der Waals surface area contributed by atoms with Crippen LogP contribution in [0, 0.1) is 0 Å². The van der Waals surface area contributed by atoms with Gasteiger partial charge in [0.05, 0.1) is 18.8 Å². The minimum Gasteiger partial charge on any atom is -0.481 e. The molecule has 0 radical (unpaired) electrons. The van der Waals surface area contributed by atoms with E-state index >= 15 is 0 Å². The molecule has 4 N–H and O–H groups in total. The lowest BCUT2D eigenvalue weighted by Crippen LogP contribution is -2.36. The standard InChI is InChI=1S/C13H20N4O4/c1-17(2)9-6-7-15-13(21-3)11(9)16-12(20)8(14)4-5-10(18)19/h6-8H,4-5,14H2,1-3H3,(H,16,20)(H,18,19). The minimum atomic E-state index is -0.994. The first-order valence-corrected chi connectivity index (χ1v) is 6.35. The summed E-state index contributed by atoms with van der Waals surface area (Å²) in [7, 11) is 5.07. The molecule has 0 saturated carbocycles. The normalized spacial score (nSPS) is 11.6. The van der Waals surface area contributed by atoms with E-state index in [1.54, 1.807) is 17.2 Å². The summed E-state index contributed by atoms with van der Waals surface area (Å²) in [5, 5.41) is 11.3. The van der Waals surface area contributed by atoms with Crippen molar-refractivity contribution in [1.82, 2.24) is 4.98 Å². The van der Waals surface area contributed by atoms with E-state index < -0.39 is 17.9 Å². The van der Waals surface area contributed by atoms with Crippen molar-refractivity contribution in [1.29, 1.82) is 0 Å². The number of nitrogens with two attached hydrogens (primary N) is 1. The van der Waals surface area contributed by atoms with Crippen LogP contribution in [-0.2, 0) is 9.59 Å². The van der Waals surface area contributed by atoms with Gasteiger partial charge in [-0.3, -0.25) is 9.59 Å². The number of carboxylic acid groups (broad SMARTS) is 1. The highest BCUT2D eigenvalue weighted by atomic mass is 16.5. The molecule has 0 aliphatic carbocycles. The van der Waals surface area contributed by atoms with Crippen LogP contribution >= 0.6 is 0 Å². The van der Waals surface area contributed by atoms with E-state index in [0.29, 0.717) is 11.4 Å². The number of carbonyl (C=O) groups is 2. The van der Waals surface area contributed by atoms with Gasteiger partial charge in [0, 0.05) is 26.7 Å². The molecule has 0 spiro atoms. The highest BCUT2D eigenvalue weighted by Crippen LogP contribution is 2.32. The van der Waals surface area contributed by atoms with Gasteiger partial charge in [-0.15, -0.1) is 0 Å². The monoisotopic (exact) mass is 296 g/mol. The lowest BCUT2D eigenvalue weighted by atomic mass is 10.1. The summed E-state index contributed by atoms with van der Waals surface area (Å²) in [5.74, 6) is -1.21. The van der Waals surface area contributed by atoms with E-state index in [0.717, 1.165) is 0 Å². The fraction of sp³-hybridized carbons (Fsp3) is 0.462. The zero-order valence-corrected chi connectivity index (χ0v) is 12.3. The molecule has 8 heteroatoms. The molecular formula is C13H20N4O4. The van der Waals surface area contributed by atoms with Crippen molar-refractivity contribution in [3.05, 3.63) is 12.3 Å². The van der Waals surface area contributed by atoms with Crippen LogP contribution in [-0.4, -0.2) is 49.2 Å². The molecule has 8 nitrogen and oxygen atoms in total. The number of hydrogen-bond donors (Lipinski definition) is 3. The fourth-order valence-electron chi connectivity index (χ4n) is 1.70. The van der Waals surface area contributed by atoms with Crippen molar-refractivity contribution >= 4 is 23.3 Å². The average molecular weight is 296 g/mol. The Morgan fingerprint density at radius 3 is 2.71 bits per heavy atom. The number of methoxy groups -OCH3 is 1. The topological polar surface area (TPSA) is 118 Å². The zero-order chi connectivity index (χ0) is 16.0. The predicted molar refractivity (Wildman–Crippen MR) is 78.6 cm³/mol. The largest absolute Gasteiger partial charge is 0.481 e. The van der Waals surface area contributed by atoms with Crippen LogP contribution in [0.25, 0.3) is 0 Å². The lowest BCUT2D eigenvalue weighted by Gasteiger charge is -2.20. The molecule has 116 valence electrons. The fourth-order valence-corrected chi connectivity index (χ4v) is 1.70. The molecule has 1 aromatic rings. The molecular weight excluding hydrogens is 276 g/mol. The number of pyridine rings is 1. The minimum absolute atomic E-state index is 0.0566. The van der Waals surface area contributed by atoms with E-state index in [2.05, 4.69) is 10.3 Å². The molecule has 0 fully saturated rings. The summed E-state index contributed by atoms with van der Waals surface area (Å²) in [6, 6.07) is 0.807. The number of carbonyl (C=O) groups excluding carboxylic acids is 1. The third-order valence-corrected chi connectivity index (χ3v) is 2.82. The maximum Gasteiger partial charge on any atom is 0.303 e. The molecule has 0 aromatic carbocycles. The number of rotatable bonds is 7. The van der Waals surface area contributed by atoms with Gasteiger partial charge < -0.3 is 25.8 Å². The Balaban J connectivity index is 2.90. The molecule has 1 rings (SSSR count). The van der Waals surface area contributed by atoms with Crippen molar-refractivity contribution in [3.63, 3.8) is 0 Å². The predicted octanol–water partition coefficient (Wildman–Crippen LogP) is 0.287. The van der Waals surface area contributed by atoms with Crippen LogP contribution < -0.4 is 20.7 Å². The SMILES string of the molecule is COc1nccc(N(C)C)c1NC(=O)C(N)CCC(=O)O. The van der Waals surface area contributed by atoms with Gasteiger partial charge in [-0.2, -0.15) is 0 Å². The zero-order valence-electron chi connectivity index (χ0n) is 12.3. The van der Waals surface area contributed by atoms with Gasteiger partial charge in [-0.05, 0) is 12.5 Å². The highest BCUT2D eigenvalue weighted by molar-refractivity contribution is 5.99. The molecule has 1 heterocycles. The average Bonchev–Trinajstić information content (AvgIpc) is 2.44. The van der Waals surface area contributed by atoms with Crippen molar-refractivity contribution in [2.24, 2.45) is 5.73 Å². The summed E-state index contributed by atoms with van der Waals surface area (Å²) >= 11 is 0. The lowest BCUT2D eigenvalue weighted by molar-refractivity contribution is -0.137. The Labute approximate surface area is 122 Å². The number of carboxylic acids is 1. The Hall–Kier alpha value is -2.35. The summed E-state index contributed by atoms with van der Waals surface area (Å²) in [6.45, 7) is 0. The summed E-state index contributed by atoms with van der Waals surface area (Å²) < 4.78 is 5.13. The number of anilines is 2. The molecule has 21 heavy (non-hydrogen) atoms. The van der Waals surface area contributed by atoms with Gasteiger partial charge in [-0.1, -0.05) is 0 Å². The van der Waals surface area contributed by atoms with E-state index in [1.807, 2.05) is 14.1 Å². The number of hydrogen-bond acceptors (Lipinski definition) is 6. The Morgan fingerprint density at radius 2 is 2.19 bits per heavy atom. The van der Waals surface area contributed by atoms with E-state index in [9.17, 15) is 9.59 Å². The number of nitrogens with zero attached hydrogens (tertiary/aromatic N) is 2. The molecule has 1 atom stereocenters. The summed E-state index contributed by atoms with van der Waals surface area (Å²) in [6.07, 6.45) is 1.45. The van der Waals surface area contributed by atoms with Gasteiger partial charge in [-0.25, -0.2) is 4.98 Å². The van der Waals surface area contributed by atoms with Crippen molar-refractivity contribution in [2.75, 3.05) is 31.4 Å². The number of ether oxygens (including phenoxy) is 1. The third-order valence-electron chi connectivity index (χ3n) is 2.82. The van der Waals surface area contributed by atoms with Crippen molar-refractivity contribution in [3.8, 4) is 5.88 Å². The molecule has 1 amide bonds. The molecule has 1 aromatic heterocycles. The Bertz CT molecular complexity index is 519. The van der Waals surface area contributed by atoms with E-state index in [1.165, 1.54) is 7.11 Å². The van der Waals surface area contributed by atoms with Crippen LogP contribution in [0.5, 0.6) is 5.88 Å². The first-order chi connectivity index (χ1) is 9.86. The number of nitrogens with one attached hydrogen (secondary N) is 1. The molecule has 1 unspecified atom stereocenters. The molecule has 0 aliphatic rings. The van der Waals surface area contributed by atoms with Crippen LogP contribution in [0.15, 0.2) is 12.3 Å². The van der Waals surface area contributed by atoms with Gasteiger partial charge in [0.1, 0.15) is 5.69 Å².